The zero-order chi connectivity index (χ0) is 30.0. The quantitative estimate of drug-likeness (QED) is 0.175. The summed E-state index contributed by atoms with van der Waals surface area (Å²) in [4.78, 5) is 38.9. The summed E-state index contributed by atoms with van der Waals surface area (Å²) in [5.74, 6) is -0.157. The van der Waals surface area contributed by atoms with Gasteiger partial charge in [-0.2, -0.15) is 4.37 Å². The van der Waals surface area contributed by atoms with Crippen LogP contribution in [-0.2, 0) is 0 Å². The van der Waals surface area contributed by atoms with E-state index >= 15 is 0 Å². The van der Waals surface area contributed by atoms with Gasteiger partial charge in [0.15, 0.2) is 11.5 Å². The summed E-state index contributed by atoms with van der Waals surface area (Å²) in [5, 5.41) is 14.2. The van der Waals surface area contributed by atoms with Gasteiger partial charge in [-0.1, -0.05) is 12.1 Å². The molecule has 5 aromatic rings. The molecular weight excluding hydrogens is 554 g/mol. The van der Waals surface area contributed by atoms with Crippen LogP contribution in [0.5, 0.6) is 0 Å². The summed E-state index contributed by atoms with van der Waals surface area (Å²) < 4.78 is 7.05. The van der Waals surface area contributed by atoms with Crippen LogP contribution >= 0.6 is 11.5 Å². The van der Waals surface area contributed by atoms with Gasteiger partial charge in [-0.25, -0.2) is 19.3 Å². The lowest BCUT2D eigenvalue weighted by atomic mass is 10.2. The third kappa shape index (κ3) is 5.79. The number of nitrogens with one attached hydrogen (secondary N) is 1. The van der Waals surface area contributed by atoms with E-state index in [0.717, 1.165) is 5.69 Å². The van der Waals surface area contributed by atoms with Crippen LogP contribution in [0.3, 0.4) is 0 Å². The highest BCUT2D eigenvalue weighted by Gasteiger charge is 2.21. The van der Waals surface area contributed by atoms with Crippen molar-refractivity contribution in [2.24, 2.45) is 0 Å². The molecule has 0 bridgehead atoms. The molecule has 0 aliphatic carbocycles. The molecule has 0 aliphatic heterocycles. The molecule has 1 amide bonds. The maximum atomic E-state index is 14.0. The minimum Gasteiger partial charge on any atom is -0.382 e. The maximum Gasteiger partial charge on any atom is 0.339 e. The highest BCUT2D eigenvalue weighted by molar-refractivity contribution is 7.10. The molecular formula is C29H31N9O3S. The molecule has 3 aromatic heterocycles. The lowest BCUT2D eigenvalue weighted by Crippen LogP contribution is -2.30. The zero-order valence-corrected chi connectivity index (χ0v) is 24.4. The van der Waals surface area contributed by atoms with E-state index in [2.05, 4.69) is 19.7 Å². The Bertz CT molecular complexity index is 1820. The molecule has 4 N–H and O–H groups in total. The van der Waals surface area contributed by atoms with E-state index in [1.165, 1.54) is 27.0 Å². The molecule has 0 radical (unpaired) electrons. The summed E-state index contributed by atoms with van der Waals surface area (Å²) in [6.07, 6.45) is 4.04. The number of benzene rings is 2. The Morgan fingerprint density at radius 3 is 2.55 bits per heavy atom. The second-order valence-electron chi connectivity index (χ2n) is 9.95. The van der Waals surface area contributed by atoms with Crippen molar-refractivity contribution in [2.45, 2.75) is 13.2 Å². The Kier molecular flexibility index (Phi) is 8.15. The molecule has 5 rings (SSSR count). The Balaban J connectivity index is 1.51. The van der Waals surface area contributed by atoms with Crippen LogP contribution in [0.15, 0.2) is 77.9 Å². The number of aromatic nitrogens is 5. The number of aryl methyl sites for hydroxylation is 1. The number of carbonyl (C=O) groups excluding carboxylic acids is 1. The Hall–Kier alpha value is -4.85. The molecule has 216 valence electrons. The average Bonchev–Trinajstić information content (AvgIpc) is 3.52. The van der Waals surface area contributed by atoms with Gasteiger partial charge >= 0.3 is 5.69 Å². The van der Waals surface area contributed by atoms with Crippen molar-refractivity contribution in [3.8, 4) is 11.4 Å². The molecule has 1 atom stereocenters. The highest BCUT2D eigenvalue weighted by atomic mass is 32.1. The van der Waals surface area contributed by atoms with E-state index in [1.807, 2.05) is 38.1 Å². The van der Waals surface area contributed by atoms with Crippen molar-refractivity contribution in [3.05, 3.63) is 94.8 Å². The maximum absolute atomic E-state index is 14.0. The lowest BCUT2D eigenvalue weighted by Gasteiger charge is -2.24. The average molecular weight is 586 g/mol. The van der Waals surface area contributed by atoms with Gasteiger partial charge < -0.3 is 26.0 Å². The van der Waals surface area contributed by atoms with Gasteiger partial charge in [-0.3, -0.25) is 9.36 Å². The van der Waals surface area contributed by atoms with Gasteiger partial charge in [-0.05, 0) is 87.2 Å². The number of hydrogen-bond donors (Lipinski definition) is 3. The van der Waals surface area contributed by atoms with Crippen LogP contribution in [0.1, 0.15) is 16.1 Å². The second kappa shape index (κ2) is 11.9. The molecule has 42 heavy (non-hydrogen) atoms. The fourth-order valence-electron chi connectivity index (χ4n) is 4.41. The fraction of sp³-hybridized carbons (Fsp3) is 0.207. The molecule has 2 aromatic carbocycles. The molecule has 0 saturated carbocycles. The molecule has 0 saturated heterocycles. The second-order valence-corrected chi connectivity index (χ2v) is 10.8. The first-order valence-corrected chi connectivity index (χ1v) is 13.8. The van der Waals surface area contributed by atoms with Crippen molar-refractivity contribution in [3.63, 3.8) is 0 Å². The number of imidazole rings is 1. The summed E-state index contributed by atoms with van der Waals surface area (Å²) in [5.41, 5.74) is 9.46. The van der Waals surface area contributed by atoms with Crippen molar-refractivity contribution in [1.29, 1.82) is 0 Å². The number of aliphatic hydroxyl groups excluding tert-OH is 1. The third-order valence-electron chi connectivity index (χ3n) is 6.57. The zero-order valence-electron chi connectivity index (χ0n) is 23.6. The Labute approximate surface area is 246 Å². The van der Waals surface area contributed by atoms with E-state index in [-0.39, 0.29) is 11.7 Å². The van der Waals surface area contributed by atoms with Gasteiger partial charge in [0, 0.05) is 24.8 Å². The number of aliphatic hydroxyl groups is 1. The van der Waals surface area contributed by atoms with Gasteiger partial charge in [0.25, 0.3) is 5.91 Å². The third-order valence-corrected chi connectivity index (χ3v) is 7.37. The van der Waals surface area contributed by atoms with Crippen LogP contribution in [0.4, 0.5) is 16.5 Å². The number of hydrogen-bond acceptors (Lipinski definition) is 10. The van der Waals surface area contributed by atoms with Gasteiger partial charge in [-0.15, -0.1) is 0 Å². The van der Waals surface area contributed by atoms with E-state index in [4.69, 9.17) is 5.73 Å². The van der Waals surface area contributed by atoms with E-state index < -0.39 is 11.9 Å². The molecule has 0 spiro atoms. The van der Waals surface area contributed by atoms with Crippen LogP contribution in [0, 0.1) is 6.92 Å². The Morgan fingerprint density at radius 2 is 1.86 bits per heavy atom. The van der Waals surface area contributed by atoms with Crippen molar-refractivity contribution in [2.75, 3.05) is 43.6 Å². The standard InChI is InChI=1S/C29H31N9O3S/c1-18-15-23(42-34-18)33-28(40)19-10-12-20(13-11-19)37-25-26(30)31-17-32-27(25)38(29(37)41)22-8-5-7-21(16-22)36(4)24(39)9-6-14-35(2)3/h5-13,15-17,24,39H,14H2,1-4H3,(H,33,40)(H2,30,31,32)/b9-6+. The molecule has 3 heterocycles. The first-order valence-electron chi connectivity index (χ1n) is 13.1. The Morgan fingerprint density at radius 1 is 1.10 bits per heavy atom. The normalized spacial score (nSPS) is 12.3. The van der Waals surface area contributed by atoms with Gasteiger partial charge in [0.05, 0.1) is 17.1 Å². The molecule has 12 nitrogen and oxygen atoms in total. The summed E-state index contributed by atoms with van der Waals surface area (Å²) in [7, 11) is 5.67. The largest absolute Gasteiger partial charge is 0.382 e. The molecule has 1 unspecified atom stereocenters. The van der Waals surface area contributed by atoms with Crippen LogP contribution in [0.2, 0.25) is 0 Å². The number of nitrogen functional groups attached to an aromatic ring is 1. The number of rotatable bonds is 9. The van der Waals surface area contributed by atoms with Gasteiger partial charge in [0.2, 0.25) is 0 Å². The van der Waals surface area contributed by atoms with Crippen molar-refractivity contribution in [1.82, 2.24) is 28.4 Å². The van der Waals surface area contributed by atoms with Crippen molar-refractivity contribution < 1.29 is 9.90 Å². The minimum absolute atomic E-state index is 0.132. The van der Waals surface area contributed by atoms with Crippen LogP contribution in [-0.4, -0.2) is 73.3 Å². The monoisotopic (exact) mass is 585 g/mol. The molecule has 13 heteroatoms. The first kappa shape index (κ1) is 28.7. The number of likely N-dealkylation sites (N-methyl/N-ethyl adjacent to an activating group) is 2. The van der Waals surface area contributed by atoms with Gasteiger partial charge in [0.1, 0.15) is 23.1 Å². The van der Waals surface area contributed by atoms with Crippen LogP contribution < -0.4 is 21.6 Å². The number of nitrogens with zero attached hydrogens (tertiary/aromatic N) is 7. The van der Waals surface area contributed by atoms with E-state index in [0.29, 0.717) is 45.3 Å². The summed E-state index contributed by atoms with van der Waals surface area (Å²) in [6.45, 7) is 2.55. The van der Waals surface area contributed by atoms with E-state index in [1.54, 1.807) is 66.6 Å². The van der Waals surface area contributed by atoms with Crippen molar-refractivity contribution >= 4 is 45.1 Å². The van der Waals surface area contributed by atoms with Crippen LogP contribution in [0.25, 0.3) is 22.5 Å². The lowest BCUT2D eigenvalue weighted by molar-refractivity contribution is 0.102. The minimum atomic E-state index is -0.868. The van der Waals surface area contributed by atoms with E-state index in [9.17, 15) is 14.7 Å². The molecule has 0 fully saturated rings. The number of anilines is 3. The highest BCUT2D eigenvalue weighted by Crippen LogP contribution is 2.26. The fourth-order valence-corrected chi connectivity index (χ4v) is 5.07. The SMILES string of the molecule is Cc1cc(NC(=O)c2ccc(-n3c(=O)n(-c4cccc(N(C)C(O)/C=C/CN(C)C)c4)c4ncnc(N)c43)cc2)sn1. The number of amides is 1. The number of fused-ring (bicyclic) bond motifs is 1. The first-order chi connectivity index (χ1) is 20.1. The summed E-state index contributed by atoms with van der Waals surface area (Å²) in [6, 6.07) is 15.6. The summed E-state index contributed by atoms with van der Waals surface area (Å²) >= 11 is 1.21. The smallest absolute Gasteiger partial charge is 0.339 e. The topological polar surface area (TPSA) is 147 Å². The number of carbonyl (C=O) groups is 1. The molecule has 0 aliphatic rings. The predicted molar refractivity (Wildman–Crippen MR) is 166 cm³/mol. The number of nitrogens with two attached hydrogens (primary N) is 1. The predicted octanol–water partition coefficient (Wildman–Crippen LogP) is 3.04.